The second-order valence-electron chi connectivity index (χ2n) is 4.33. The average Bonchev–Trinajstić information content (AvgIpc) is 2.86. The van der Waals surface area contributed by atoms with Crippen LogP contribution in [0.3, 0.4) is 0 Å². The first kappa shape index (κ1) is 13.8. The Morgan fingerprint density at radius 3 is 2.67 bits per heavy atom. The number of nitrogens with zero attached hydrogens (tertiary/aromatic N) is 4. The van der Waals surface area contributed by atoms with Crippen molar-refractivity contribution in [2.45, 2.75) is 6.42 Å². The molecule has 0 saturated heterocycles. The maximum atomic E-state index is 13.1. The van der Waals surface area contributed by atoms with E-state index < -0.39 is 0 Å². The minimum Gasteiger partial charge on any atom is -0.479 e. The van der Waals surface area contributed by atoms with Gasteiger partial charge in [0.1, 0.15) is 18.0 Å². The summed E-state index contributed by atoms with van der Waals surface area (Å²) in [6, 6.07) is 6.12. The number of halogens is 2. The van der Waals surface area contributed by atoms with Crippen LogP contribution in [0.4, 0.5) is 4.39 Å². The maximum absolute atomic E-state index is 13.1. The van der Waals surface area contributed by atoms with Crippen LogP contribution in [0.1, 0.15) is 5.82 Å². The Balaban J connectivity index is 2.28. The molecule has 2 aromatic heterocycles. The molecule has 0 bridgehead atoms. The van der Waals surface area contributed by atoms with Gasteiger partial charge >= 0.3 is 0 Å². The number of hydrogen-bond donors (Lipinski definition) is 0. The molecule has 7 heteroatoms. The SMILES string of the molecule is COc1ncnc2c1nc(CCCl)n2-c1ccc(F)cc1. The minimum atomic E-state index is -0.297. The van der Waals surface area contributed by atoms with E-state index in [1.807, 2.05) is 4.57 Å². The fourth-order valence-corrected chi connectivity index (χ4v) is 2.35. The lowest BCUT2D eigenvalue weighted by Crippen LogP contribution is -2.03. The first-order valence-electron chi connectivity index (χ1n) is 6.33. The number of imidazole rings is 1. The molecule has 1 aromatic carbocycles. The maximum Gasteiger partial charge on any atom is 0.245 e. The van der Waals surface area contributed by atoms with Gasteiger partial charge in [0, 0.05) is 18.0 Å². The van der Waals surface area contributed by atoms with Gasteiger partial charge in [0.25, 0.3) is 0 Å². The Hall–Kier alpha value is -2.21. The van der Waals surface area contributed by atoms with Crippen LogP contribution in [0.15, 0.2) is 30.6 Å². The Morgan fingerprint density at radius 2 is 2.00 bits per heavy atom. The van der Waals surface area contributed by atoms with Gasteiger partial charge in [-0.05, 0) is 24.3 Å². The van der Waals surface area contributed by atoms with Gasteiger partial charge < -0.3 is 4.74 Å². The number of alkyl halides is 1. The molecule has 0 fully saturated rings. The van der Waals surface area contributed by atoms with Crippen molar-refractivity contribution in [1.82, 2.24) is 19.5 Å². The highest BCUT2D eigenvalue weighted by Gasteiger charge is 2.17. The van der Waals surface area contributed by atoms with Gasteiger partial charge in [-0.1, -0.05) is 0 Å². The lowest BCUT2D eigenvalue weighted by Gasteiger charge is -2.07. The van der Waals surface area contributed by atoms with E-state index in [1.165, 1.54) is 25.6 Å². The van der Waals surface area contributed by atoms with Crippen LogP contribution in [-0.4, -0.2) is 32.5 Å². The fourth-order valence-electron chi connectivity index (χ4n) is 2.18. The number of methoxy groups -OCH3 is 1. The van der Waals surface area contributed by atoms with E-state index in [0.29, 0.717) is 29.3 Å². The summed E-state index contributed by atoms with van der Waals surface area (Å²) in [5.74, 6) is 1.25. The van der Waals surface area contributed by atoms with Gasteiger partial charge in [0.2, 0.25) is 5.88 Å². The standard InChI is InChI=1S/C14H12ClFN4O/c1-21-14-12-13(17-8-18-14)20(11(19-12)6-7-15)10-4-2-9(16)3-5-10/h2-5,8H,6-7H2,1H3. The highest BCUT2D eigenvalue weighted by molar-refractivity contribution is 6.17. The zero-order valence-electron chi connectivity index (χ0n) is 11.3. The quantitative estimate of drug-likeness (QED) is 0.696. The van der Waals surface area contributed by atoms with E-state index in [-0.39, 0.29) is 5.82 Å². The van der Waals surface area contributed by atoms with Gasteiger partial charge in [-0.15, -0.1) is 11.6 Å². The molecule has 0 radical (unpaired) electrons. The first-order chi connectivity index (χ1) is 10.2. The Kier molecular flexibility index (Phi) is 3.70. The molecule has 2 heterocycles. The highest BCUT2D eigenvalue weighted by atomic mass is 35.5. The van der Waals surface area contributed by atoms with Crippen LogP contribution in [0.2, 0.25) is 0 Å². The highest BCUT2D eigenvalue weighted by Crippen LogP contribution is 2.25. The minimum absolute atomic E-state index is 0.297. The van der Waals surface area contributed by atoms with Crippen molar-refractivity contribution in [2.24, 2.45) is 0 Å². The lowest BCUT2D eigenvalue weighted by atomic mass is 10.3. The van der Waals surface area contributed by atoms with E-state index in [4.69, 9.17) is 16.3 Å². The van der Waals surface area contributed by atoms with Crippen molar-refractivity contribution in [3.05, 3.63) is 42.2 Å². The van der Waals surface area contributed by atoms with Gasteiger partial charge in [0.15, 0.2) is 11.2 Å². The van der Waals surface area contributed by atoms with Gasteiger partial charge in [-0.25, -0.2) is 14.4 Å². The predicted molar refractivity (Wildman–Crippen MR) is 77.6 cm³/mol. The molecule has 5 nitrogen and oxygen atoms in total. The molecule has 21 heavy (non-hydrogen) atoms. The molecule has 108 valence electrons. The number of aryl methyl sites for hydroxylation is 1. The number of rotatable bonds is 4. The third-order valence-corrected chi connectivity index (χ3v) is 3.27. The zero-order valence-corrected chi connectivity index (χ0v) is 12.0. The fraction of sp³-hybridized carbons (Fsp3) is 0.214. The molecule has 3 rings (SSSR count). The van der Waals surface area contributed by atoms with Crippen molar-refractivity contribution < 1.29 is 9.13 Å². The molecule has 0 aliphatic rings. The third-order valence-electron chi connectivity index (χ3n) is 3.08. The molecule has 0 atom stereocenters. The molecule has 0 unspecified atom stereocenters. The summed E-state index contributed by atoms with van der Waals surface area (Å²) in [5, 5.41) is 0. The topological polar surface area (TPSA) is 52.8 Å². The number of aromatic nitrogens is 4. The van der Waals surface area contributed by atoms with E-state index in [1.54, 1.807) is 12.1 Å². The normalized spacial score (nSPS) is 11.0. The van der Waals surface area contributed by atoms with Crippen LogP contribution in [0.25, 0.3) is 16.9 Å². The number of fused-ring (bicyclic) bond motifs is 1. The molecule has 0 amide bonds. The Labute approximate surface area is 125 Å². The van der Waals surface area contributed by atoms with Crippen molar-refractivity contribution in [3.8, 4) is 11.6 Å². The summed E-state index contributed by atoms with van der Waals surface area (Å²) < 4.78 is 20.2. The van der Waals surface area contributed by atoms with Gasteiger partial charge in [-0.2, -0.15) is 4.98 Å². The van der Waals surface area contributed by atoms with Gasteiger partial charge in [-0.3, -0.25) is 4.57 Å². The van der Waals surface area contributed by atoms with Crippen LogP contribution >= 0.6 is 11.6 Å². The number of hydrogen-bond acceptors (Lipinski definition) is 4. The average molecular weight is 307 g/mol. The summed E-state index contributed by atoms with van der Waals surface area (Å²) in [4.78, 5) is 12.8. The molecule has 0 spiro atoms. The van der Waals surface area contributed by atoms with Crippen LogP contribution in [0, 0.1) is 5.82 Å². The van der Waals surface area contributed by atoms with E-state index in [9.17, 15) is 4.39 Å². The van der Waals surface area contributed by atoms with Crippen LogP contribution in [0.5, 0.6) is 5.88 Å². The first-order valence-corrected chi connectivity index (χ1v) is 6.86. The summed E-state index contributed by atoms with van der Waals surface area (Å²) in [5.41, 5.74) is 1.93. The second kappa shape index (κ2) is 5.65. The molecular weight excluding hydrogens is 295 g/mol. The zero-order chi connectivity index (χ0) is 14.8. The van der Waals surface area contributed by atoms with Gasteiger partial charge in [0.05, 0.1) is 7.11 Å². The van der Waals surface area contributed by atoms with Crippen molar-refractivity contribution in [1.29, 1.82) is 0 Å². The summed E-state index contributed by atoms with van der Waals surface area (Å²) >= 11 is 5.84. The van der Waals surface area contributed by atoms with Crippen LogP contribution < -0.4 is 4.74 Å². The summed E-state index contributed by atoms with van der Waals surface area (Å²) in [6.07, 6.45) is 1.96. The predicted octanol–water partition coefficient (Wildman–Crippen LogP) is 2.74. The molecule has 0 N–H and O–H groups in total. The number of benzene rings is 1. The summed E-state index contributed by atoms with van der Waals surface area (Å²) in [7, 11) is 1.53. The van der Waals surface area contributed by atoms with E-state index >= 15 is 0 Å². The monoisotopic (exact) mass is 306 g/mol. The van der Waals surface area contributed by atoms with E-state index in [2.05, 4.69) is 15.0 Å². The summed E-state index contributed by atoms with van der Waals surface area (Å²) in [6.45, 7) is 0. The Morgan fingerprint density at radius 1 is 1.24 bits per heavy atom. The molecule has 0 aliphatic heterocycles. The third kappa shape index (κ3) is 2.42. The Bertz CT molecular complexity index is 772. The van der Waals surface area contributed by atoms with Crippen molar-refractivity contribution >= 4 is 22.8 Å². The molecule has 0 saturated carbocycles. The largest absolute Gasteiger partial charge is 0.479 e. The van der Waals surface area contributed by atoms with Crippen molar-refractivity contribution in [3.63, 3.8) is 0 Å². The van der Waals surface area contributed by atoms with Crippen LogP contribution in [-0.2, 0) is 6.42 Å². The van der Waals surface area contributed by atoms with E-state index in [0.717, 1.165) is 11.5 Å². The molecule has 3 aromatic rings. The van der Waals surface area contributed by atoms with Crippen molar-refractivity contribution in [2.75, 3.05) is 13.0 Å². The lowest BCUT2D eigenvalue weighted by molar-refractivity contribution is 0.401. The smallest absolute Gasteiger partial charge is 0.245 e. The number of ether oxygens (including phenoxy) is 1. The molecule has 0 aliphatic carbocycles. The second-order valence-corrected chi connectivity index (χ2v) is 4.71. The molecular formula is C14H12ClFN4O.